The molecule has 4 rings (SSSR count). The number of hydrogen-bond donors (Lipinski definition) is 0. The lowest BCUT2D eigenvalue weighted by Crippen LogP contribution is -2.49. The summed E-state index contributed by atoms with van der Waals surface area (Å²) in [5, 5.41) is 4.45. The zero-order valence-corrected chi connectivity index (χ0v) is 16.9. The maximum atomic E-state index is 13.3. The smallest absolute Gasteiger partial charge is 0.359 e. The third-order valence-electron chi connectivity index (χ3n) is 6.00. The van der Waals surface area contributed by atoms with Crippen molar-refractivity contribution in [3.05, 3.63) is 47.0 Å². The minimum absolute atomic E-state index is 0.159. The predicted molar refractivity (Wildman–Crippen MR) is 105 cm³/mol. The van der Waals surface area contributed by atoms with E-state index in [0.29, 0.717) is 5.69 Å². The minimum atomic E-state index is -0.574. The van der Waals surface area contributed by atoms with Crippen LogP contribution in [0.2, 0.25) is 0 Å². The highest BCUT2D eigenvalue weighted by Crippen LogP contribution is 2.28. The lowest BCUT2D eigenvalue weighted by molar-refractivity contribution is -0.140. The molecule has 1 saturated heterocycles. The van der Waals surface area contributed by atoms with Gasteiger partial charge in [0.1, 0.15) is 5.82 Å². The number of likely N-dealkylation sites (tertiary alicyclic amines) is 1. The normalized spacial score (nSPS) is 21.1. The van der Waals surface area contributed by atoms with Crippen molar-refractivity contribution in [1.82, 2.24) is 14.7 Å². The van der Waals surface area contributed by atoms with Crippen LogP contribution >= 0.6 is 0 Å². The van der Waals surface area contributed by atoms with E-state index in [1.807, 2.05) is 18.7 Å². The van der Waals surface area contributed by atoms with Gasteiger partial charge in [0, 0.05) is 23.3 Å². The summed E-state index contributed by atoms with van der Waals surface area (Å²) in [4.78, 5) is 27.2. The number of ether oxygens (including phenoxy) is 1. The molecule has 1 aliphatic heterocycles. The van der Waals surface area contributed by atoms with Crippen LogP contribution < -0.4 is 0 Å². The van der Waals surface area contributed by atoms with E-state index in [1.54, 1.807) is 16.8 Å². The van der Waals surface area contributed by atoms with Gasteiger partial charge in [0.05, 0.1) is 5.69 Å². The third kappa shape index (κ3) is 3.78. The number of amides is 1. The average molecular weight is 399 g/mol. The first kappa shape index (κ1) is 19.6. The van der Waals surface area contributed by atoms with E-state index in [2.05, 4.69) is 5.10 Å². The van der Waals surface area contributed by atoms with Gasteiger partial charge in [-0.2, -0.15) is 5.10 Å². The molecule has 1 fully saturated rings. The number of benzene rings is 1. The van der Waals surface area contributed by atoms with Gasteiger partial charge in [-0.05, 0) is 76.6 Å². The molecule has 29 heavy (non-hydrogen) atoms. The molecule has 2 aliphatic rings. The Kier molecular flexibility index (Phi) is 5.39. The topological polar surface area (TPSA) is 64.4 Å². The van der Waals surface area contributed by atoms with Crippen LogP contribution in [0.4, 0.5) is 4.39 Å². The van der Waals surface area contributed by atoms with Crippen LogP contribution in [0.25, 0.3) is 5.69 Å². The Hall–Kier alpha value is -2.70. The number of rotatable bonds is 4. The van der Waals surface area contributed by atoms with Crippen LogP contribution in [-0.4, -0.2) is 45.2 Å². The fourth-order valence-corrected chi connectivity index (χ4v) is 4.58. The van der Waals surface area contributed by atoms with E-state index in [9.17, 15) is 14.0 Å². The monoisotopic (exact) mass is 399 g/mol. The highest BCUT2D eigenvalue weighted by molar-refractivity contribution is 5.91. The molecule has 2 heterocycles. The van der Waals surface area contributed by atoms with Crippen molar-refractivity contribution < 1.29 is 18.7 Å². The second kappa shape index (κ2) is 7.97. The fraction of sp³-hybridized carbons (Fsp3) is 0.500. The third-order valence-corrected chi connectivity index (χ3v) is 6.00. The Morgan fingerprint density at radius 1 is 1.10 bits per heavy atom. The Balaban J connectivity index is 1.50. The second-order valence-corrected chi connectivity index (χ2v) is 8.02. The van der Waals surface area contributed by atoms with Crippen molar-refractivity contribution in [1.29, 1.82) is 0 Å². The molecule has 1 aromatic heterocycles. The molecule has 0 bridgehead atoms. The number of nitrogens with zero attached hydrogens (tertiary/aromatic N) is 3. The number of carbonyl (C=O) groups excluding carboxylic acids is 2. The van der Waals surface area contributed by atoms with Gasteiger partial charge in [0.2, 0.25) is 0 Å². The Morgan fingerprint density at radius 2 is 1.79 bits per heavy atom. The van der Waals surface area contributed by atoms with Gasteiger partial charge >= 0.3 is 5.97 Å². The van der Waals surface area contributed by atoms with Crippen molar-refractivity contribution in [2.24, 2.45) is 0 Å². The van der Waals surface area contributed by atoms with Crippen LogP contribution in [0.1, 0.15) is 61.3 Å². The largest absolute Gasteiger partial charge is 0.451 e. The van der Waals surface area contributed by atoms with Gasteiger partial charge in [0.25, 0.3) is 5.91 Å². The first-order chi connectivity index (χ1) is 14.0. The minimum Gasteiger partial charge on any atom is -0.451 e. The predicted octanol–water partition coefficient (Wildman–Crippen LogP) is 3.45. The molecule has 1 amide bonds. The molecule has 2 atom stereocenters. The van der Waals surface area contributed by atoms with E-state index in [-0.39, 0.29) is 36.1 Å². The molecule has 2 unspecified atom stereocenters. The van der Waals surface area contributed by atoms with Crippen molar-refractivity contribution in [2.45, 2.75) is 64.5 Å². The quantitative estimate of drug-likeness (QED) is 0.739. The van der Waals surface area contributed by atoms with Crippen molar-refractivity contribution in [2.75, 3.05) is 6.61 Å². The molecule has 1 aromatic carbocycles. The van der Waals surface area contributed by atoms with Crippen LogP contribution in [0, 0.1) is 5.82 Å². The summed E-state index contributed by atoms with van der Waals surface area (Å²) in [6.45, 7) is 3.80. The lowest BCUT2D eigenvalue weighted by atomic mass is 9.97. The van der Waals surface area contributed by atoms with E-state index < -0.39 is 5.97 Å². The van der Waals surface area contributed by atoms with E-state index in [4.69, 9.17) is 4.74 Å². The van der Waals surface area contributed by atoms with Crippen LogP contribution in [-0.2, 0) is 22.4 Å². The molecule has 0 radical (unpaired) electrons. The van der Waals surface area contributed by atoms with Gasteiger partial charge in [-0.1, -0.05) is 0 Å². The molecule has 6 nitrogen and oxygen atoms in total. The van der Waals surface area contributed by atoms with Crippen molar-refractivity contribution in [3.63, 3.8) is 0 Å². The number of aromatic nitrogens is 2. The summed E-state index contributed by atoms with van der Waals surface area (Å²) in [6, 6.07) is 6.34. The SMILES string of the molecule is CC1CCCC(C)N1C(=O)COC(=O)c1nn(-c2ccc(F)cc2)c2c1CCC2. The maximum absolute atomic E-state index is 13.3. The Morgan fingerprint density at radius 3 is 2.48 bits per heavy atom. The molecule has 0 saturated carbocycles. The molecule has 0 N–H and O–H groups in total. The molecule has 7 heteroatoms. The molecular formula is C22H26FN3O3. The van der Waals surface area contributed by atoms with Crippen LogP contribution in [0.5, 0.6) is 0 Å². The number of fused-ring (bicyclic) bond motifs is 1. The van der Waals surface area contributed by atoms with Gasteiger partial charge < -0.3 is 9.64 Å². The second-order valence-electron chi connectivity index (χ2n) is 8.02. The zero-order valence-electron chi connectivity index (χ0n) is 16.9. The van der Waals surface area contributed by atoms with E-state index >= 15 is 0 Å². The number of piperidine rings is 1. The summed E-state index contributed by atoms with van der Waals surface area (Å²) in [5.41, 5.74) is 2.78. The van der Waals surface area contributed by atoms with Crippen LogP contribution in [0.15, 0.2) is 24.3 Å². The summed E-state index contributed by atoms with van der Waals surface area (Å²) in [5.74, 6) is -1.06. The van der Waals surface area contributed by atoms with Gasteiger partial charge in [-0.15, -0.1) is 0 Å². The summed E-state index contributed by atoms with van der Waals surface area (Å²) >= 11 is 0. The number of halogens is 1. The zero-order chi connectivity index (χ0) is 20.5. The molecule has 154 valence electrons. The Labute approximate surface area is 169 Å². The summed E-state index contributed by atoms with van der Waals surface area (Å²) < 4.78 is 20.3. The molecular weight excluding hydrogens is 373 g/mol. The van der Waals surface area contributed by atoms with Crippen molar-refractivity contribution in [3.8, 4) is 5.69 Å². The summed E-state index contributed by atoms with van der Waals surface area (Å²) in [7, 11) is 0. The first-order valence-electron chi connectivity index (χ1n) is 10.3. The summed E-state index contributed by atoms with van der Waals surface area (Å²) in [6.07, 6.45) is 5.53. The molecule has 1 aliphatic carbocycles. The highest BCUT2D eigenvalue weighted by atomic mass is 19.1. The number of esters is 1. The fourth-order valence-electron chi connectivity index (χ4n) is 4.58. The van der Waals surface area contributed by atoms with Gasteiger partial charge in [-0.3, -0.25) is 4.79 Å². The number of carbonyl (C=O) groups is 2. The molecule has 2 aromatic rings. The average Bonchev–Trinajstić information content (AvgIpc) is 3.29. The Bertz CT molecular complexity index is 912. The van der Waals surface area contributed by atoms with Crippen molar-refractivity contribution >= 4 is 11.9 Å². The maximum Gasteiger partial charge on any atom is 0.359 e. The highest BCUT2D eigenvalue weighted by Gasteiger charge is 2.31. The van der Waals surface area contributed by atoms with Gasteiger partial charge in [-0.25, -0.2) is 13.9 Å². The van der Waals surface area contributed by atoms with E-state index in [1.165, 1.54) is 12.1 Å². The van der Waals surface area contributed by atoms with E-state index in [0.717, 1.165) is 49.8 Å². The molecule has 0 spiro atoms. The van der Waals surface area contributed by atoms with Gasteiger partial charge in [0.15, 0.2) is 12.3 Å². The lowest BCUT2D eigenvalue weighted by Gasteiger charge is -2.38. The number of hydrogen-bond acceptors (Lipinski definition) is 4. The standard InChI is InChI=1S/C22H26FN3O3/c1-14-5-3-6-15(2)25(14)20(27)13-29-22(28)21-18-7-4-8-19(18)26(24-21)17-11-9-16(23)10-12-17/h9-12,14-15H,3-8,13H2,1-2H3. The van der Waals surface area contributed by atoms with Crippen LogP contribution in [0.3, 0.4) is 0 Å². The first-order valence-corrected chi connectivity index (χ1v) is 10.3.